The summed E-state index contributed by atoms with van der Waals surface area (Å²) >= 11 is 4.46. The van der Waals surface area contributed by atoms with Crippen LogP contribution in [0.15, 0.2) is 38.3 Å². The number of rotatable bonds is 4. The standard InChI is InChI=1S/C13H14BrNO2S2/c1-3-10-6-4-5-9(2)12(10)15-19(16,17)13-11(14)7-8-18-13/h4-8,15H,3H2,1-2H3. The third-order valence-corrected chi connectivity index (χ3v) is 6.82. The summed E-state index contributed by atoms with van der Waals surface area (Å²) in [5.41, 5.74) is 2.61. The van der Waals surface area contributed by atoms with Crippen molar-refractivity contribution in [1.29, 1.82) is 0 Å². The molecule has 1 aromatic carbocycles. The van der Waals surface area contributed by atoms with Crippen LogP contribution in [-0.4, -0.2) is 8.42 Å². The topological polar surface area (TPSA) is 46.2 Å². The first-order valence-corrected chi connectivity index (χ1v) is 8.95. The number of halogens is 1. The van der Waals surface area contributed by atoms with Crippen molar-refractivity contribution in [3.8, 4) is 0 Å². The lowest BCUT2D eigenvalue weighted by atomic mass is 10.1. The van der Waals surface area contributed by atoms with Gasteiger partial charge in [-0.25, -0.2) is 8.42 Å². The first kappa shape index (κ1) is 14.6. The second kappa shape index (κ2) is 5.64. The number of benzene rings is 1. The van der Waals surface area contributed by atoms with E-state index in [1.54, 1.807) is 11.4 Å². The Morgan fingerprint density at radius 1 is 1.32 bits per heavy atom. The Balaban J connectivity index is 2.45. The molecule has 0 aliphatic heterocycles. The molecular formula is C13H14BrNO2S2. The Hall–Kier alpha value is -0.850. The summed E-state index contributed by atoms with van der Waals surface area (Å²) in [7, 11) is -3.53. The molecule has 0 unspecified atom stereocenters. The second-order valence-electron chi connectivity index (χ2n) is 4.12. The lowest BCUT2D eigenvalue weighted by molar-refractivity contribution is 0.602. The molecule has 0 atom stereocenters. The molecule has 1 N–H and O–H groups in total. The number of anilines is 1. The summed E-state index contributed by atoms with van der Waals surface area (Å²) in [6.07, 6.45) is 0.783. The Labute approximate surface area is 125 Å². The molecule has 6 heteroatoms. The van der Waals surface area contributed by atoms with Crippen molar-refractivity contribution in [2.45, 2.75) is 24.5 Å². The first-order chi connectivity index (χ1) is 8.95. The molecule has 2 aromatic rings. The molecule has 1 heterocycles. The van der Waals surface area contributed by atoms with Crippen molar-refractivity contribution in [1.82, 2.24) is 0 Å². The summed E-state index contributed by atoms with van der Waals surface area (Å²) in [6.45, 7) is 3.91. The van der Waals surface area contributed by atoms with Crippen LogP contribution < -0.4 is 4.72 Å². The van der Waals surface area contributed by atoms with Crippen molar-refractivity contribution >= 4 is 43.0 Å². The number of sulfonamides is 1. The van der Waals surface area contributed by atoms with Gasteiger partial charge in [0.25, 0.3) is 10.0 Å². The van der Waals surface area contributed by atoms with Crippen LogP contribution in [0.4, 0.5) is 5.69 Å². The van der Waals surface area contributed by atoms with Crippen molar-refractivity contribution < 1.29 is 8.42 Å². The van der Waals surface area contributed by atoms with E-state index in [4.69, 9.17) is 0 Å². The normalized spacial score (nSPS) is 11.5. The zero-order valence-electron chi connectivity index (χ0n) is 10.6. The largest absolute Gasteiger partial charge is 0.278 e. The molecular weight excluding hydrogens is 346 g/mol. The van der Waals surface area contributed by atoms with Gasteiger partial charge in [0.2, 0.25) is 0 Å². The van der Waals surface area contributed by atoms with Crippen LogP contribution in [0.2, 0.25) is 0 Å². The molecule has 0 aliphatic carbocycles. The number of thiophene rings is 1. The minimum Gasteiger partial charge on any atom is -0.278 e. The summed E-state index contributed by atoms with van der Waals surface area (Å²) in [5, 5.41) is 1.75. The molecule has 0 radical (unpaired) electrons. The van der Waals surface area contributed by atoms with Gasteiger partial charge in [-0.15, -0.1) is 11.3 Å². The van der Waals surface area contributed by atoms with Gasteiger partial charge in [-0.3, -0.25) is 4.72 Å². The fraction of sp³-hybridized carbons (Fsp3) is 0.231. The van der Waals surface area contributed by atoms with E-state index < -0.39 is 10.0 Å². The van der Waals surface area contributed by atoms with Gasteiger partial charge in [-0.05, 0) is 51.8 Å². The summed E-state index contributed by atoms with van der Waals surface area (Å²) in [4.78, 5) is 0. The minimum absolute atomic E-state index is 0.304. The van der Waals surface area contributed by atoms with Crippen molar-refractivity contribution in [3.05, 3.63) is 45.2 Å². The molecule has 0 aliphatic rings. The zero-order chi connectivity index (χ0) is 14.0. The Morgan fingerprint density at radius 2 is 2.05 bits per heavy atom. The molecule has 0 amide bonds. The summed E-state index contributed by atoms with van der Waals surface area (Å²) in [5.74, 6) is 0. The molecule has 19 heavy (non-hydrogen) atoms. The molecule has 0 spiro atoms. The van der Waals surface area contributed by atoms with Crippen LogP contribution in [0.3, 0.4) is 0 Å². The van der Waals surface area contributed by atoms with E-state index in [1.165, 1.54) is 11.3 Å². The van der Waals surface area contributed by atoms with Crippen LogP contribution in [-0.2, 0) is 16.4 Å². The van der Waals surface area contributed by atoms with Gasteiger partial charge in [0.05, 0.1) is 5.69 Å². The molecule has 0 bridgehead atoms. The highest BCUT2D eigenvalue weighted by Crippen LogP contribution is 2.31. The van der Waals surface area contributed by atoms with E-state index in [0.29, 0.717) is 14.4 Å². The summed E-state index contributed by atoms with van der Waals surface area (Å²) < 4.78 is 28.3. The predicted octanol–water partition coefficient (Wildman–Crippen LogP) is 4.18. The zero-order valence-corrected chi connectivity index (χ0v) is 13.8. The van der Waals surface area contributed by atoms with Gasteiger partial charge in [-0.1, -0.05) is 25.1 Å². The van der Waals surface area contributed by atoms with Gasteiger partial charge in [-0.2, -0.15) is 0 Å². The molecule has 102 valence electrons. The van der Waals surface area contributed by atoms with E-state index in [-0.39, 0.29) is 0 Å². The van der Waals surface area contributed by atoms with Crippen LogP contribution >= 0.6 is 27.3 Å². The van der Waals surface area contributed by atoms with Crippen LogP contribution in [0.5, 0.6) is 0 Å². The molecule has 1 aromatic heterocycles. The number of hydrogen-bond donors (Lipinski definition) is 1. The van der Waals surface area contributed by atoms with Crippen LogP contribution in [0, 0.1) is 6.92 Å². The number of para-hydroxylation sites is 1. The second-order valence-corrected chi connectivity index (χ2v) is 7.77. The maximum atomic E-state index is 12.4. The van der Waals surface area contributed by atoms with Gasteiger partial charge in [0.1, 0.15) is 0 Å². The Bertz CT molecular complexity index is 692. The minimum atomic E-state index is -3.53. The van der Waals surface area contributed by atoms with Gasteiger partial charge >= 0.3 is 0 Å². The smallest absolute Gasteiger partial charge is 0.272 e. The average molecular weight is 360 g/mol. The van der Waals surface area contributed by atoms with E-state index in [9.17, 15) is 8.42 Å². The predicted molar refractivity (Wildman–Crippen MR) is 83.4 cm³/mol. The van der Waals surface area contributed by atoms with Gasteiger partial charge in [0, 0.05) is 4.47 Å². The SMILES string of the molecule is CCc1cccc(C)c1NS(=O)(=O)c1sccc1Br. The monoisotopic (exact) mass is 359 g/mol. The number of nitrogens with one attached hydrogen (secondary N) is 1. The molecule has 0 saturated carbocycles. The molecule has 0 fully saturated rings. The van der Waals surface area contributed by atoms with Crippen LogP contribution in [0.25, 0.3) is 0 Å². The lowest BCUT2D eigenvalue weighted by Crippen LogP contribution is -2.14. The number of aryl methyl sites for hydroxylation is 2. The van der Waals surface area contributed by atoms with E-state index in [2.05, 4.69) is 20.7 Å². The third-order valence-electron chi connectivity index (χ3n) is 2.80. The quantitative estimate of drug-likeness (QED) is 0.889. The maximum Gasteiger partial charge on any atom is 0.272 e. The fourth-order valence-electron chi connectivity index (χ4n) is 1.82. The first-order valence-electron chi connectivity index (χ1n) is 5.80. The Kier molecular flexibility index (Phi) is 4.32. The fourth-order valence-corrected chi connectivity index (χ4v) is 5.33. The van der Waals surface area contributed by atoms with Gasteiger partial charge < -0.3 is 0 Å². The van der Waals surface area contributed by atoms with Crippen molar-refractivity contribution in [2.24, 2.45) is 0 Å². The molecule has 3 nitrogen and oxygen atoms in total. The lowest BCUT2D eigenvalue weighted by Gasteiger charge is -2.13. The maximum absolute atomic E-state index is 12.4. The highest BCUT2D eigenvalue weighted by molar-refractivity contribution is 9.10. The average Bonchev–Trinajstić information content (AvgIpc) is 2.79. The molecule has 0 saturated heterocycles. The van der Waals surface area contributed by atoms with Gasteiger partial charge in [0.15, 0.2) is 4.21 Å². The van der Waals surface area contributed by atoms with Crippen LogP contribution in [0.1, 0.15) is 18.1 Å². The summed E-state index contributed by atoms with van der Waals surface area (Å²) in [6, 6.07) is 7.51. The highest BCUT2D eigenvalue weighted by atomic mass is 79.9. The van der Waals surface area contributed by atoms with E-state index in [0.717, 1.165) is 17.5 Å². The highest BCUT2D eigenvalue weighted by Gasteiger charge is 2.21. The van der Waals surface area contributed by atoms with E-state index in [1.807, 2.05) is 32.0 Å². The molecule has 2 rings (SSSR count). The number of hydrogen-bond acceptors (Lipinski definition) is 3. The third kappa shape index (κ3) is 3.01. The van der Waals surface area contributed by atoms with Crippen molar-refractivity contribution in [2.75, 3.05) is 4.72 Å². The van der Waals surface area contributed by atoms with Crippen molar-refractivity contribution in [3.63, 3.8) is 0 Å². The van der Waals surface area contributed by atoms with E-state index >= 15 is 0 Å². The Morgan fingerprint density at radius 3 is 2.63 bits per heavy atom.